The smallest absolute Gasteiger partial charge is 0.254 e. The van der Waals surface area contributed by atoms with Crippen LogP contribution in [0.3, 0.4) is 0 Å². The number of rotatable bonds is 2. The van der Waals surface area contributed by atoms with Crippen molar-refractivity contribution in [2.45, 2.75) is 45.1 Å². The number of hydrogen-bond acceptors (Lipinski definition) is 5. The van der Waals surface area contributed by atoms with Crippen LogP contribution >= 0.6 is 0 Å². The molecule has 1 spiro atoms. The van der Waals surface area contributed by atoms with Crippen molar-refractivity contribution in [3.8, 4) is 0 Å². The first-order valence-electron chi connectivity index (χ1n) is 9.13. The summed E-state index contributed by atoms with van der Waals surface area (Å²) in [4.78, 5) is 47.9. The molecule has 1 aromatic heterocycles. The molecule has 2 N–H and O–H groups in total. The topological polar surface area (TPSA) is 98.4 Å². The molecule has 1 atom stereocenters. The maximum atomic E-state index is 12.9. The van der Waals surface area contributed by atoms with Gasteiger partial charge in [0.25, 0.3) is 5.56 Å². The Balaban J connectivity index is 1.76. The van der Waals surface area contributed by atoms with Gasteiger partial charge in [-0.1, -0.05) is 0 Å². The molecule has 2 aliphatic rings. The van der Waals surface area contributed by atoms with Crippen molar-refractivity contribution in [1.29, 1.82) is 0 Å². The summed E-state index contributed by atoms with van der Waals surface area (Å²) in [5, 5.41) is 2.92. The second-order valence-electron chi connectivity index (χ2n) is 7.45. The normalized spacial score (nSPS) is 24.4. The minimum atomic E-state index is -0.239. The highest BCUT2D eigenvalue weighted by molar-refractivity contribution is 5.79. The molecular weight excluding hydrogens is 334 g/mol. The van der Waals surface area contributed by atoms with E-state index in [9.17, 15) is 14.4 Å². The van der Waals surface area contributed by atoms with Gasteiger partial charge in [0, 0.05) is 49.4 Å². The molecule has 0 aliphatic carbocycles. The van der Waals surface area contributed by atoms with E-state index >= 15 is 0 Å². The van der Waals surface area contributed by atoms with Crippen LogP contribution in [0, 0.1) is 13.8 Å². The number of H-pyrrole nitrogens is 1. The van der Waals surface area contributed by atoms with Gasteiger partial charge >= 0.3 is 0 Å². The van der Waals surface area contributed by atoms with Crippen LogP contribution in [0.1, 0.15) is 36.3 Å². The molecule has 142 valence electrons. The van der Waals surface area contributed by atoms with E-state index in [4.69, 9.17) is 0 Å². The van der Waals surface area contributed by atoms with Crippen LogP contribution < -0.4 is 10.9 Å². The fourth-order valence-electron chi connectivity index (χ4n) is 4.03. The summed E-state index contributed by atoms with van der Waals surface area (Å²) in [6.45, 7) is 6.11. The highest BCUT2D eigenvalue weighted by Crippen LogP contribution is 2.30. The lowest BCUT2D eigenvalue weighted by Gasteiger charge is -2.49. The molecule has 2 saturated heterocycles. The number of carbonyl (C=O) groups is 2. The number of nitrogens with one attached hydrogen (secondary N) is 2. The van der Waals surface area contributed by atoms with Crippen molar-refractivity contribution in [2.24, 2.45) is 0 Å². The molecule has 8 heteroatoms. The summed E-state index contributed by atoms with van der Waals surface area (Å²) >= 11 is 0. The molecule has 0 bridgehead atoms. The minimum absolute atomic E-state index is 0.0553. The Morgan fingerprint density at radius 1 is 1.23 bits per heavy atom. The average Bonchev–Trinajstić information content (AvgIpc) is 2.76. The Bertz CT molecular complexity index is 775. The van der Waals surface area contributed by atoms with Crippen molar-refractivity contribution in [3.05, 3.63) is 27.4 Å². The van der Waals surface area contributed by atoms with Gasteiger partial charge in [-0.05, 0) is 33.7 Å². The van der Waals surface area contributed by atoms with E-state index in [0.29, 0.717) is 43.1 Å². The first-order chi connectivity index (χ1) is 12.3. The number of carbonyl (C=O) groups excluding carboxylic acids is 2. The van der Waals surface area contributed by atoms with E-state index in [1.807, 2.05) is 4.90 Å². The fourth-order valence-corrected chi connectivity index (χ4v) is 4.03. The van der Waals surface area contributed by atoms with Crippen LogP contribution in [0.2, 0.25) is 0 Å². The lowest BCUT2D eigenvalue weighted by molar-refractivity contribution is -0.136. The molecule has 0 unspecified atom stereocenters. The predicted octanol–water partition coefficient (Wildman–Crippen LogP) is -0.258. The monoisotopic (exact) mass is 361 g/mol. The van der Waals surface area contributed by atoms with Gasteiger partial charge in [-0.2, -0.15) is 0 Å². The molecule has 8 nitrogen and oxygen atoms in total. The van der Waals surface area contributed by atoms with Crippen LogP contribution in [0.25, 0.3) is 0 Å². The van der Waals surface area contributed by atoms with Gasteiger partial charge < -0.3 is 15.2 Å². The van der Waals surface area contributed by atoms with E-state index in [2.05, 4.69) is 27.2 Å². The Morgan fingerprint density at radius 2 is 2.00 bits per heavy atom. The molecule has 1 aromatic rings. The first-order valence-corrected chi connectivity index (χ1v) is 9.13. The summed E-state index contributed by atoms with van der Waals surface area (Å²) in [6.07, 6.45) is 2.11. The predicted molar refractivity (Wildman–Crippen MR) is 96.8 cm³/mol. The summed E-state index contributed by atoms with van der Waals surface area (Å²) in [7, 11) is 2.07. The largest absolute Gasteiger partial charge is 0.356 e. The van der Waals surface area contributed by atoms with Crippen LogP contribution in [-0.4, -0.2) is 70.3 Å². The SMILES string of the molecule is Cc1nc(C)c(CC(=O)N2CCN(C)[C@]3(CCNC(=O)CC3)C2)c(=O)[nH]1. The van der Waals surface area contributed by atoms with Gasteiger partial charge in [-0.25, -0.2) is 4.98 Å². The quantitative estimate of drug-likeness (QED) is 0.756. The molecular formula is C18H27N5O3. The molecule has 0 aromatic carbocycles. The van der Waals surface area contributed by atoms with Gasteiger partial charge in [0.2, 0.25) is 11.8 Å². The molecule has 0 radical (unpaired) electrons. The number of aromatic nitrogens is 2. The van der Waals surface area contributed by atoms with Crippen molar-refractivity contribution in [3.63, 3.8) is 0 Å². The van der Waals surface area contributed by atoms with Crippen LogP contribution in [0.5, 0.6) is 0 Å². The molecule has 0 saturated carbocycles. The summed E-state index contributed by atoms with van der Waals surface area (Å²) in [5.41, 5.74) is 0.621. The zero-order valence-electron chi connectivity index (χ0n) is 15.7. The number of nitrogens with zero attached hydrogens (tertiary/aromatic N) is 3. The van der Waals surface area contributed by atoms with Gasteiger partial charge in [0.1, 0.15) is 5.82 Å². The lowest BCUT2D eigenvalue weighted by atomic mass is 9.86. The second kappa shape index (κ2) is 7.19. The van der Waals surface area contributed by atoms with Crippen molar-refractivity contribution < 1.29 is 9.59 Å². The fraction of sp³-hybridized carbons (Fsp3) is 0.667. The molecule has 3 heterocycles. The van der Waals surface area contributed by atoms with E-state index < -0.39 is 0 Å². The zero-order chi connectivity index (χ0) is 18.9. The van der Waals surface area contributed by atoms with E-state index in [0.717, 1.165) is 19.4 Å². The number of amides is 2. The molecule has 3 rings (SSSR count). The van der Waals surface area contributed by atoms with Gasteiger partial charge in [-0.3, -0.25) is 19.3 Å². The number of aryl methyl sites for hydroxylation is 2. The second-order valence-corrected chi connectivity index (χ2v) is 7.45. The maximum absolute atomic E-state index is 12.9. The van der Waals surface area contributed by atoms with E-state index in [-0.39, 0.29) is 29.3 Å². The molecule has 2 aliphatic heterocycles. The number of hydrogen-bond donors (Lipinski definition) is 2. The Labute approximate surface area is 153 Å². The molecule has 26 heavy (non-hydrogen) atoms. The third-order valence-electron chi connectivity index (χ3n) is 5.75. The van der Waals surface area contributed by atoms with Gasteiger partial charge in [0.15, 0.2) is 0 Å². The molecule has 2 fully saturated rings. The maximum Gasteiger partial charge on any atom is 0.254 e. The Hall–Kier alpha value is -2.22. The number of aromatic amines is 1. The van der Waals surface area contributed by atoms with Crippen molar-refractivity contribution in [2.75, 3.05) is 33.2 Å². The zero-order valence-corrected chi connectivity index (χ0v) is 15.7. The third-order valence-corrected chi connectivity index (χ3v) is 5.75. The first kappa shape index (κ1) is 18.6. The Kier molecular flexibility index (Phi) is 5.13. The highest BCUT2D eigenvalue weighted by Gasteiger charge is 2.42. The summed E-state index contributed by atoms with van der Waals surface area (Å²) < 4.78 is 0. The molecule has 2 amide bonds. The van der Waals surface area contributed by atoms with Crippen LogP contribution in [-0.2, 0) is 16.0 Å². The number of piperazine rings is 1. The lowest BCUT2D eigenvalue weighted by Crippen LogP contribution is -2.62. The summed E-state index contributed by atoms with van der Waals surface area (Å²) in [5.74, 6) is 0.574. The van der Waals surface area contributed by atoms with Crippen molar-refractivity contribution in [1.82, 2.24) is 25.1 Å². The van der Waals surface area contributed by atoms with E-state index in [1.54, 1.807) is 13.8 Å². The van der Waals surface area contributed by atoms with Crippen molar-refractivity contribution >= 4 is 11.8 Å². The van der Waals surface area contributed by atoms with E-state index in [1.165, 1.54) is 0 Å². The van der Waals surface area contributed by atoms with Crippen LogP contribution in [0.4, 0.5) is 0 Å². The highest BCUT2D eigenvalue weighted by atomic mass is 16.2. The summed E-state index contributed by atoms with van der Waals surface area (Å²) in [6, 6.07) is 0. The standard InChI is InChI=1S/C18H27N5O3/c1-12-14(17(26)21-13(2)20-12)10-16(25)23-9-8-22(3)18(11-23)5-4-15(24)19-7-6-18/h4-11H2,1-3H3,(H,19,24)(H,20,21,26)/t18-/m1/s1. The average molecular weight is 361 g/mol. The number of likely N-dealkylation sites (N-methyl/N-ethyl adjacent to an activating group) is 1. The minimum Gasteiger partial charge on any atom is -0.356 e. The van der Waals surface area contributed by atoms with Gasteiger partial charge in [-0.15, -0.1) is 0 Å². The van der Waals surface area contributed by atoms with Gasteiger partial charge in [0.05, 0.1) is 6.42 Å². The van der Waals surface area contributed by atoms with Crippen LogP contribution in [0.15, 0.2) is 4.79 Å². The third kappa shape index (κ3) is 3.65. The Morgan fingerprint density at radius 3 is 2.73 bits per heavy atom.